The zero-order valence-electron chi connectivity index (χ0n) is 16.1. The lowest BCUT2D eigenvalue weighted by Gasteiger charge is -2.13. The van der Waals surface area contributed by atoms with Gasteiger partial charge in [-0.25, -0.2) is 4.39 Å². The van der Waals surface area contributed by atoms with Crippen LogP contribution >= 0.6 is 0 Å². The first-order valence-electron chi connectivity index (χ1n) is 9.64. The predicted octanol–water partition coefficient (Wildman–Crippen LogP) is 4.64. The number of fused-ring (bicyclic) bond motifs is 1. The van der Waals surface area contributed by atoms with Gasteiger partial charge in [-0.2, -0.15) is 15.4 Å². The summed E-state index contributed by atoms with van der Waals surface area (Å²) in [7, 11) is 0. The largest absolute Gasteiger partial charge is 0.457 e. The van der Waals surface area contributed by atoms with E-state index in [1.54, 1.807) is 42.9 Å². The van der Waals surface area contributed by atoms with E-state index in [9.17, 15) is 9.18 Å². The molecule has 0 unspecified atom stereocenters. The zero-order chi connectivity index (χ0) is 20.8. The minimum absolute atomic E-state index is 0.0625. The molecule has 1 amide bonds. The number of H-pyrrole nitrogens is 1. The quantitative estimate of drug-likeness (QED) is 0.417. The molecule has 0 spiro atoms. The molecular formula is C22H20FN5O2. The van der Waals surface area contributed by atoms with E-state index < -0.39 is 0 Å². The lowest BCUT2D eigenvalue weighted by atomic mass is 10.1. The Hall–Kier alpha value is -3.81. The minimum atomic E-state index is -0.324. The van der Waals surface area contributed by atoms with Crippen molar-refractivity contribution in [2.24, 2.45) is 0 Å². The van der Waals surface area contributed by atoms with Crippen molar-refractivity contribution in [3.05, 3.63) is 72.6 Å². The van der Waals surface area contributed by atoms with Gasteiger partial charge in [0, 0.05) is 29.6 Å². The molecule has 7 nitrogen and oxygen atoms in total. The molecule has 0 saturated heterocycles. The summed E-state index contributed by atoms with van der Waals surface area (Å²) in [5.74, 6) is 0.742. The van der Waals surface area contributed by atoms with Gasteiger partial charge in [-0.15, -0.1) is 0 Å². The van der Waals surface area contributed by atoms with Crippen LogP contribution in [0.2, 0.25) is 0 Å². The molecule has 2 N–H and O–H groups in total. The van der Waals surface area contributed by atoms with E-state index in [-0.39, 0.29) is 11.7 Å². The molecule has 8 heteroatoms. The first-order chi connectivity index (χ1) is 14.7. The number of aromatic amines is 1. The number of hydrogen-bond donors (Lipinski definition) is 2. The van der Waals surface area contributed by atoms with Gasteiger partial charge in [-0.3, -0.25) is 9.78 Å². The van der Waals surface area contributed by atoms with Crippen LogP contribution in [0.25, 0.3) is 10.8 Å². The van der Waals surface area contributed by atoms with Crippen LogP contribution in [0.15, 0.2) is 61.1 Å². The van der Waals surface area contributed by atoms with Crippen LogP contribution in [-0.2, 0) is 11.2 Å². The Morgan fingerprint density at radius 1 is 1.03 bits per heavy atom. The fraction of sp³-hybridized carbons (Fsp3) is 0.182. The monoisotopic (exact) mass is 405 g/mol. The number of nitrogens with one attached hydrogen (secondary N) is 2. The summed E-state index contributed by atoms with van der Waals surface area (Å²) in [4.78, 5) is 16.6. The first kappa shape index (κ1) is 19.5. The van der Waals surface area contributed by atoms with E-state index in [4.69, 9.17) is 4.74 Å². The number of pyridine rings is 1. The molecule has 30 heavy (non-hydrogen) atoms. The summed E-state index contributed by atoms with van der Waals surface area (Å²) in [6, 6.07) is 11.2. The topological polar surface area (TPSA) is 92.8 Å². The van der Waals surface area contributed by atoms with Crippen molar-refractivity contribution in [1.29, 1.82) is 0 Å². The van der Waals surface area contributed by atoms with Crippen molar-refractivity contribution in [1.82, 2.24) is 20.4 Å². The maximum Gasteiger partial charge on any atom is 0.224 e. The lowest BCUT2D eigenvalue weighted by Crippen LogP contribution is -2.11. The van der Waals surface area contributed by atoms with E-state index in [0.29, 0.717) is 23.6 Å². The number of nitrogens with zero attached hydrogens (tertiary/aromatic N) is 3. The molecule has 4 rings (SSSR count). The van der Waals surface area contributed by atoms with Crippen molar-refractivity contribution in [3.8, 4) is 11.5 Å². The fourth-order valence-electron chi connectivity index (χ4n) is 3.14. The van der Waals surface area contributed by atoms with Crippen molar-refractivity contribution >= 4 is 22.4 Å². The van der Waals surface area contributed by atoms with Gasteiger partial charge in [0.2, 0.25) is 5.91 Å². The third-order valence-corrected chi connectivity index (χ3v) is 4.65. The summed E-state index contributed by atoms with van der Waals surface area (Å²) in [6.45, 7) is 0. The van der Waals surface area contributed by atoms with E-state index >= 15 is 0 Å². The van der Waals surface area contributed by atoms with E-state index in [0.717, 1.165) is 35.7 Å². The number of halogens is 1. The molecule has 0 aliphatic rings. The number of unbranched alkanes of at least 4 members (excludes halogenated alkanes) is 1. The van der Waals surface area contributed by atoms with Gasteiger partial charge in [-0.1, -0.05) is 0 Å². The van der Waals surface area contributed by atoms with Gasteiger partial charge in [0.1, 0.15) is 17.3 Å². The smallest absolute Gasteiger partial charge is 0.224 e. The Balaban J connectivity index is 1.42. The van der Waals surface area contributed by atoms with E-state index in [1.807, 2.05) is 6.07 Å². The summed E-state index contributed by atoms with van der Waals surface area (Å²) < 4.78 is 19.0. The summed E-state index contributed by atoms with van der Waals surface area (Å²) >= 11 is 0. The van der Waals surface area contributed by atoms with Crippen molar-refractivity contribution in [3.63, 3.8) is 0 Å². The number of aryl methyl sites for hydroxylation is 1. The second kappa shape index (κ2) is 9.13. The van der Waals surface area contributed by atoms with Crippen molar-refractivity contribution < 1.29 is 13.9 Å². The van der Waals surface area contributed by atoms with Gasteiger partial charge in [-0.05, 0) is 61.7 Å². The van der Waals surface area contributed by atoms with Gasteiger partial charge >= 0.3 is 0 Å². The Morgan fingerprint density at radius 3 is 2.70 bits per heavy atom. The van der Waals surface area contributed by atoms with Gasteiger partial charge in [0.05, 0.1) is 17.6 Å². The average molecular weight is 405 g/mol. The van der Waals surface area contributed by atoms with Crippen LogP contribution in [-0.4, -0.2) is 26.3 Å². The van der Waals surface area contributed by atoms with E-state index in [2.05, 4.69) is 25.7 Å². The summed E-state index contributed by atoms with van der Waals surface area (Å²) in [5.41, 5.74) is 1.57. The van der Waals surface area contributed by atoms with Gasteiger partial charge < -0.3 is 10.1 Å². The molecule has 0 saturated carbocycles. The van der Waals surface area contributed by atoms with Crippen molar-refractivity contribution in [2.45, 2.75) is 25.7 Å². The Bertz CT molecular complexity index is 1130. The van der Waals surface area contributed by atoms with E-state index in [1.165, 1.54) is 12.1 Å². The molecule has 0 fully saturated rings. The summed E-state index contributed by atoms with van der Waals surface area (Å²) in [5, 5.41) is 14.9. The van der Waals surface area contributed by atoms with Crippen LogP contribution in [0.1, 0.15) is 25.0 Å². The van der Waals surface area contributed by atoms with Crippen LogP contribution in [0.3, 0.4) is 0 Å². The molecule has 4 aromatic rings. The van der Waals surface area contributed by atoms with Gasteiger partial charge in [0.15, 0.2) is 0 Å². The Labute approximate surface area is 172 Å². The van der Waals surface area contributed by atoms with Crippen LogP contribution in [0, 0.1) is 5.82 Å². The highest BCUT2D eigenvalue weighted by atomic mass is 19.1. The fourth-order valence-corrected chi connectivity index (χ4v) is 3.14. The Morgan fingerprint density at radius 2 is 1.90 bits per heavy atom. The maximum atomic E-state index is 13.1. The highest BCUT2D eigenvalue weighted by molar-refractivity contribution is 6.03. The van der Waals surface area contributed by atoms with Crippen LogP contribution < -0.4 is 10.1 Å². The zero-order valence-corrected chi connectivity index (χ0v) is 16.1. The molecule has 0 bridgehead atoms. The molecule has 152 valence electrons. The number of amides is 1. The Kier molecular flexibility index (Phi) is 5.93. The minimum Gasteiger partial charge on any atom is -0.457 e. The molecule has 0 radical (unpaired) electrons. The highest BCUT2D eigenvalue weighted by Gasteiger charge is 2.11. The lowest BCUT2D eigenvalue weighted by molar-refractivity contribution is -0.116. The highest BCUT2D eigenvalue weighted by Crippen LogP contribution is 2.34. The number of ether oxygens (including phenoxy) is 1. The molecule has 0 atom stereocenters. The molecule has 0 aliphatic carbocycles. The second-order valence-corrected chi connectivity index (χ2v) is 6.81. The number of rotatable bonds is 8. The van der Waals surface area contributed by atoms with Crippen LogP contribution in [0.5, 0.6) is 11.5 Å². The maximum absolute atomic E-state index is 13.1. The molecule has 2 aromatic heterocycles. The average Bonchev–Trinajstić information content (AvgIpc) is 3.28. The number of aromatic nitrogens is 4. The number of anilines is 1. The standard InChI is InChI=1S/C22H20FN5O2/c23-15-5-7-17(8-6-15)30-21-10-9-20(19-14-24-12-11-18(19)21)26-22(29)4-2-1-3-16-13-25-28-27-16/h5-14H,1-4H2,(H,26,29)(H,25,27,28). The van der Waals surface area contributed by atoms with Gasteiger partial charge in [0.25, 0.3) is 0 Å². The predicted molar refractivity (Wildman–Crippen MR) is 111 cm³/mol. The van der Waals surface area contributed by atoms with Crippen LogP contribution in [0.4, 0.5) is 10.1 Å². The number of carbonyl (C=O) groups is 1. The number of hydrogen-bond acceptors (Lipinski definition) is 5. The number of carbonyl (C=O) groups excluding carboxylic acids is 1. The SMILES string of the molecule is O=C(CCCCc1cn[nH]n1)Nc1ccc(Oc2ccc(F)cc2)c2ccncc12. The second-order valence-electron chi connectivity index (χ2n) is 6.81. The normalized spacial score (nSPS) is 10.8. The number of benzene rings is 2. The first-order valence-corrected chi connectivity index (χ1v) is 9.64. The van der Waals surface area contributed by atoms with Crippen molar-refractivity contribution in [2.75, 3.05) is 5.32 Å². The third kappa shape index (κ3) is 4.78. The summed E-state index contributed by atoms with van der Waals surface area (Å²) in [6.07, 6.45) is 7.84. The molecule has 2 aromatic carbocycles. The third-order valence-electron chi connectivity index (χ3n) is 4.65. The molecular weight excluding hydrogens is 385 g/mol. The molecule has 2 heterocycles. The molecule has 0 aliphatic heterocycles.